The van der Waals surface area contributed by atoms with E-state index >= 15 is 0 Å². The van der Waals surface area contributed by atoms with Crippen molar-refractivity contribution in [1.82, 2.24) is 15.1 Å². The van der Waals surface area contributed by atoms with Gasteiger partial charge in [-0.25, -0.2) is 0 Å². The van der Waals surface area contributed by atoms with Crippen LogP contribution in [0.3, 0.4) is 0 Å². The predicted molar refractivity (Wildman–Crippen MR) is 21.3 cm³/mol. The zero-order valence-corrected chi connectivity index (χ0v) is 3.68. The summed E-state index contributed by atoms with van der Waals surface area (Å²) in [5, 5.41) is 15.1. The fourth-order valence-corrected chi connectivity index (χ4v) is 0.255. The topological polar surface area (TPSA) is 73.8 Å². The molecule has 6 heteroatoms. The highest BCUT2D eigenvalue weighted by Crippen LogP contribution is 1.73. The summed E-state index contributed by atoms with van der Waals surface area (Å²) < 4.78 is 0. The van der Waals surface area contributed by atoms with Crippen molar-refractivity contribution in [3.05, 3.63) is 22.5 Å². The Bertz CT molecular complexity index is 180. The van der Waals surface area contributed by atoms with Gasteiger partial charge in [0.1, 0.15) is 6.20 Å². The zero-order valence-electron chi connectivity index (χ0n) is 3.68. The number of aromatic nitrogens is 3. The van der Waals surface area contributed by atoms with Crippen molar-refractivity contribution in [1.29, 1.82) is 0 Å². The van der Waals surface area contributed by atoms with Gasteiger partial charge in [-0.2, -0.15) is 0 Å². The van der Waals surface area contributed by atoms with Gasteiger partial charge in [-0.05, 0) is 5.10 Å². The molecule has 0 unspecified atom stereocenters. The maximum absolute atomic E-state index is 9.71. The first-order chi connectivity index (χ1) is 3.80. The average molecular weight is 113 g/mol. The van der Waals surface area contributed by atoms with Gasteiger partial charge in [0.2, 0.25) is 0 Å². The minimum atomic E-state index is -0.705. The molecule has 41 valence electrons. The van der Waals surface area contributed by atoms with Crippen LogP contribution < -0.4 is 0 Å². The molecule has 1 rings (SSSR count). The number of nitro groups is 1. The van der Waals surface area contributed by atoms with Gasteiger partial charge in [-0.3, -0.25) is 0 Å². The number of hydrogen-bond donors (Lipinski definition) is 0. The van der Waals surface area contributed by atoms with Crippen LogP contribution in [0.5, 0.6) is 0 Å². The zero-order chi connectivity index (χ0) is 5.98. The normalized spacial score (nSPS) is 9.00. The molecule has 0 aliphatic carbocycles. The van der Waals surface area contributed by atoms with E-state index in [-0.39, 0.29) is 0 Å². The molecule has 0 atom stereocenters. The maximum Gasteiger partial charge on any atom is 0.182 e. The van der Waals surface area contributed by atoms with Crippen LogP contribution in [0.1, 0.15) is 0 Å². The lowest BCUT2D eigenvalue weighted by atomic mass is 11.0. The molecule has 0 bridgehead atoms. The second kappa shape index (κ2) is 1.57. The smallest absolute Gasteiger partial charge is 0.182 e. The standard InChI is InChI=1S/C2HN4O2/c7-6(8)5-2-1-3-4-5/h2H. The lowest BCUT2D eigenvalue weighted by Crippen LogP contribution is -2.08. The molecular formula is C2HN4O2. The Morgan fingerprint density at radius 1 is 1.88 bits per heavy atom. The van der Waals surface area contributed by atoms with Gasteiger partial charge in [0, 0.05) is 4.79 Å². The molecule has 0 spiro atoms. The third-order valence-electron chi connectivity index (χ3n) is 0.535. The largest absolute Gasteiger partial charge is 0.339 e. The van der Waals surface area contributed by atoms with E-state index in [1.807, 2.05) is 0 Å². The van der Waals surface area contributed by atoms with Gasteiger partial charge in [0.15, 0.2) is 11.4 Å². The summed E-state index contributed by atoms with van der Waals surface area (Å²) in [7, 11) is 0. The van der Waals surface area contributed by atoms with E-state index in [1.165, 1.54) is 0 Å². The van der Waals surface area contributed by atoms with E-state index < -0.39 is 5.03 Å². The quantitative estimate of drug-likeness (QED) is 0.350. The van der Waals surface area contributed by atoms with E-state index in [1.54, 1.807) is 0 Å². The summed E-state index contributed by atoms with van der Waals surface area (Å²) in [6.07, 6.45) is 3.20. The highest BCUT2D eigenvalue weighted by atomic mass is 16.7. The fourth-order valence-electron chi connectivity index (χ4n) is 0.255. The van der Waals surface area contributed by atoms with E-state index in [0.29, 0.717) is 4.79 Å². The fraction of sp³-hybridized carbons (Fsp3) is 0. The first-order valence-electron chi connectivity index (χ1n) is 1.74. The van der Waals surface area contributed by atoms with Crippen LogP contribution in [0.25, 0.3) is 0 Å². The molecule has 0 fully saturated rings. The van der Waals surface area contributed by atoms with Gasteiger partial charge in [0.25, 0.3) is 0 Å². The van der Waals surface area contributed by atoms with Crippen molar-refractivity contribution in [3.63, 3.8) is 0 Å². The van der Waals surface area contributed by atoms with E-state index in [0.717, 1.165) is 6.20 Å². The molecule has 1 heterocycles. The molecule has 1 aromatic rings. The van der Waals surface area contributed by atoms with Gasteiger partial charge >= 0.3 is 0 Å². The Morgan fingerprint density at radius 2 is 2.62 bits per heavy atom. The highest BCUT2D eigenvalue weighted by molar-refractivity contribution is 4.54. The van der Waals surface area contributed by atoms with E-state index in [4.69, 9.17) is 0 Å². The summed E-state index contributed by atoms with van der Waals surface area (Å²) >= 11 is 0. The Kier molecular flexibility index (Phi) is 0.918. The monoisotopic (exact) mass is 113 g/mol. The van der Waals surface area contributed by atoms with Crippen molar-refractivity contribution < 1.29 is 5.03 Å². The Hall–Kier alpha value is -1.46. The summed E-state index contributed by atoms with van der Waals surface area (Å²) in [6, 6.07) is 0. The van der Waals surface area contributed by atoms with Crippen LogP contribution in [-0.2, 0) is 0 Å². The van der Waals surface area contributed by atoms with Crippen LogP contribution in [-0.4, -0.2) is 20.1 Å². The van der Waals surface area contributed by atoms with Crippen LogP contribution in [0.15, 0.2) is 6.20 Å². The van der Waals surface area contributed by atoms with Crippen LogP contribution in [0.4, 0.5) is 0 Å². The van der Waals surface area contributed by atoms with Crippen LogP contribution in [0.2, 0.25) is 0 Å². The lowest BCUT2D eigenvalue weighted by molar-refractivity contribution is -0.553. The highest BCUT2D eigenvalue weighted by Gasteiger charge is 1.97. The van der Waals surface area contributed by atoms with Crippen LogP contribution >= 0.6 is 0 Å². The molecule has 6 nitrogen and oxygen atoms in total. The lowest BCUT2D eigenvalue weighted by Gasteiger charge is -1.83. The molecule has 0 saturated carbocycles. The van der Waals surface area contributed by atoms with Gasteiger partial charge in [-0.15, -0.1) is 0 Å². The molecule has 0 aromatic carbocycles. The first-order valence-corrected chi connectivity index (χ1v) is 1.74. The van der Waals surface area contributed by atoms with Crippen molar-refractivity contribution in [2.24, 2.45) is 0 Å². The average Bonchev–Trinajstić information content (AvgIpc) is 2.12. The number of hydrogen-bond acceptors (Lipinski definition) is 4. The Labute approximate surface area is 43.8 Å². The van der Waals surface area contributed by atoms with E-state index in [2.05, 4.69) is 16.5 Å². The molecule has 1 radical (unpaired) electrons. The number of nitrogens with zero attached hydrogens (tertiary/aromatic N) is 4. The van der Waals surface area contributed by atoms with Gasteiger partial charge in [0.05, 0.1) is 5.03 Å². The molecular weight excluding hydrogens is 112 g/mol. The summed E-state index contributed by atoms with van der Waals surface area (Å²) in [6.45, 7) is 0. The first kappa shape index (κ1) is 4.69. The number of rotatable bonds is 1. The van der Waals surface area contributed by atoms with Crippen molar-refractivity contribution in [2.75, 3.05) is 0 Å². The van der Waals surface area contributed by atoms with Gasteiger partial charge in [-0.1, -0.05) is 0 Å². The Morgan fingerprint density at radius 3 is 2.88 bits per heavy atom. The maximum atomic E-state index is 9.71. The minimum absolute atomic E-state index is 0.472. The SMILES string of the molecule is O=[N+]([O-])n1c[c]nn1. The third kappa shape index (κ3) is 0.625. The van der Waals surface area contributed by atoms with Crippen LogP contribution in [0, 0.1) is 16.3 Å². The molecule has 0 amide bonds. The van der Waals surface area contributed by atoms with Crippen molar-refractivity contribution >= 4 is 0 Å². The molecule has 8 heavy (non-hydrogen) atoms. The summed E-state index contributed by atoms with van der Waals surface area (Å²) in [5.74, 6) is 0. The molecule has 1 aromatic heterocycles. The van der Waals surface area contributed by atoms with E-state index in [9.17, 15) is 10.1 Å². The van der Waals surface area contributed by atoms with Crippen molar-refractivity contribution in [3.8, 4) is 0 Å². The predicted octanol–water partition coefficient (Wildman–Crippen LogP) is -0.882. The second-order valence-corrected chi connectivity index (χ2v) is 1.01. The van der Waals surface area contributed by atoms with Crippen molar-refractivity contribution in [2.45, 2.75) is 0 Å². The third-order valence-corrected chi connectivity index (χ3v) is 0.535. The Balaban J connectivity index is 2.93. The molecule has 0 aliphatic rings. The molecule has 0 saturated heterocycles. The summed E-state index contributed by atoms with van der Waals surface area (Å²) in [4.78, 5) is 10.2. The molecule has 0 N–H and O–H groups in total. The summed E-state index contributed by atoms with van der Waals surface area (Å²) in [5.41, 5.74) is 0. The second-order valence-electron chi connectivity index (χ2n) is 1.01. The van der Waals surface area contributed by atoms with Gasteiger partial charge < -0.3 is 10.1 Å². The molecule has 0 aliphatic heterocycles. The minimum Gasteiger partial charge on any atom is -0.339 e.